The van der Waals surface area contributed by atoms with Crippen LogP contribution in [0.25, 0.3) is 22.2 Å². The Balaban J connectivity index is 1.46. The van der Waals surface area contributed by atoms with E-state index in [0.717, 1.165) is 29.4 Å². The van der Waals surface area contributed by atoms with Crippen LogP contribution in [0.15, 0.2) is 36.9 Å². The third-order valence-corrected chi connectivity index (χ3v) is 6.69. The highest BCUT2D eigenvalue weighted by Crippen LogP contribution is 2.40. The van der Waals surface area contributed by atoms with Crippen molar-refractivity contribution in [1.82, 2.24) is 25.1 Å². The molecule has 1 saturated heterocycles. The van der Waals surface area contributed by atoms with Crippen LogP contribution in [-0.2, 0) is 0 Å². The third-order valence-electron chi connectivity index (χ3n) is 6.09. The number of ether oxygens (including phenoxy) is 2. The van der Waals surface area contributed by atoms with E-state index in [1.165, 1.54) is 12.4 Å². The van der Waals surface area contributed by atoms with Gasteiger partial charge in [-0.1, -0.05) is 23.2 Å². The maximum Gasteiger partial charge on any atom is 0.225 e. The fourth-order valence-corrected chi connectivity index (χ4v) is 4.84. The van der Waals surface area contributed by atoms with Crippen molar-refractivity contribution >= 4 is 40.1 Å². The fourth-order valence-electron chi connectivity index (χ4n) is 4.17. The summed E-state index contributed by atoms with van der Waals surface area (Å²) in [7, 11) is 1.57. The first kappa shape index (κ1) is 23.1. The Bertz CT molecular complexity index is 1400. The normalized spacial score (nSPS) is 16.0. The number of fused-ring (bicyclic) bond motifs is 1. The zero-order chi connectivity index (χ0) is 24.5. The number of hydrogen-bond donors (Lipinski definition) is 1. The van der Waals surface area contributed by atoms with Gasteiger partial charge < -0.3 is 14.4 Å². The molecule has 0 saturated carbocycles. The number of anilines is 1. The smallest absolute Gasteiger partial charge is 0.225 e. The van der Waals surface area contributed by atoms with E-state index in [9.17, 15) is 0 Å². The largest absolute Gasteiger partial charge is 0.493 e. The number of aromatic amines is 1. The van der Waals surface area contributed by atoms with Gasteiger partial charge in [0.2, 0.25) is 5.95 Å². The molecule has 0 amide bonds. The lowest BCUT2D eigenvalue weighted by atomic mass is 10.0. The van der Waals surface area contributed by atoms with Gasteiger partial charge in [0.25, 0.3) is 0 Å². The quantitative estimate of drug-likeness (QED) is 0.354. The van der Waals surface area contributed by atoms with Gasteiger partial charge in [-0.2, -0.15) is 10.4 Å². The Kier molecular flexibility index (Phi) is 6.32. The van der Waals surface area contributed by atoms with E-state index in [4.69, 9.17) is 37.9 Å². The first-order valence-corrected chi connectivity index (χ1v) is 11.7. The van der Waals surface area contributed by atoms with Gasteiger partial charge in [0.15, 0.2) is 11.5 Å². The van der Waals surface area contributed by atoms with Crippen LogP contribution in [0.5, 0.6) is 11.5 Å². The number of nitrogens with zero attached hydrogens (tertiary/aromatic N) is 6. The molecule has 1 fully saturated rings. The van der Waals surface area contributed by atoms with Gasteiger partial charge >= 0.3 is 0 Å². The minimum absolute atomic E-state index is 0.175. The molecule has 0 bridgehead atoms. The predicted octanol–water partition coefficient (Wildman–Crippen LogP) is 5.36. The number of pyridine rings is 1. The molecule has 11 heteroatoms. The maximum atomic E-state index is 8.98. The molecule has 4 heterocycles. The van der Waals surface area contributed by atoms with Gasteiger partial charge in [0.05, 0.1) is 35.2 Å². The predicted molar refractivity (Wildman–Crippen MR) is 133 cm³/mol. The Labute approximate surface area is 211 Å². The summed E-state index contributed by atoms with van der Waals surface area (Å²) >= 11 is 12.6. The van der Waals surface area contributed by atoms with Gasteiger partial charge in [-0.25, -0.2) is 9.97 Å². The minimum atomic E-state index is -0.458. The topological polar surface area (TPSA) is 113 Å². The van der Waals surface area contributed by atoms with Crippen LogP contribution in [0.1, 0.15) is 31.4 Å². The monoisotopic (exact) mass is 509 g/mol. The highest BCUT2D eigenvalue weighted by Gasteiger charge is 2.29. The fraction of sp³-hybridized carbons (Fsp3) is 0.292. The second-order valence-electron chi connectivity index (χ2n) is 8.17. The first-order valence-electron chi connectivity index (χ1n) is 11.0. The van der Waals surface area contributed by atoms with Gasteiger partial charge in [-0.15, -0.1) is 0 Å². The van der Waals surface area contributed by atoms with Gasteiger partial charge in [-0.05, 0) is 19.4 Å². The van der Waals surface area contributed by atoms with Crippen LogP contribution < -0.4 is 14.4 Å². The van der Waals surface area contributed by atoms with Gasteiger partial charge in [0.1, 0.15) is 11.8 Å². The van der Waals surface area contributed by atoms with Crippen molar-refractivity contribution < 1.29 is 9.47 Å². The van der Waals surface area contributed by atoms with Crippen LogP contribution in [-0.4, -0.2) is 44.8 Å². The average molecular weight is 510 g/mol. The number of nitrogens with one attached hydrogen (secondary N) is 1. The van der Waals surface area contributed by atoms with Crippen molar-refractivity contribution in [2.24, 2.45) is 0 Å². The second kappa shape index (κ2) is 9.56. The van der Waals surface area contributed by atoms with E-state index < -0.39 is 6.10 Å². The van der Waals surface area contributed by atoms with Crippen LogP contribution in [0, 0.1) is 11.3 Å². The lowest BCUT2D eigenvalue weighted by molar-refractivity contribution is 0.216. The van der Waals surface area contributed by atoms with E-state index in [1.54, 1.807) is 19.5 Å². The SMILES string of the molecule is COc1cc2[nH]nc(-c3cnc(N4CC[C@@H]4CC#N)nc3)c2cc1O[C@H](C)c1c(Cl)cncc1Cl. The molecule has 2 atom stereocenters. The summed E-state index contributed by atoms with van der Waals surface area (Å²) in [6, 6.07) is 6.08. The highest BCUT2D eigenvalue weighted by atomic mass is 35.5. The first-order chi connectivity index (χ1) is 17.0. The van der Waals surface area contributed by atoms with E-state index in [0.29, 0.717) is 45.2 Å². The van der Waals surface area contributed by atoms with Crippen molar-refractivity contribution in [3.8, 4) is 28.8 Å². The average Bonchev–Trinajstić information content (AvgIpc) is 3.24. The molecular weight excluding hydrogens is 489 g/mol. The minimum Gasteiger partial charge on any atom is -0.493 e. The number of nitriles is 1. The zero-order valence-corrected chi connectivity index (χ0v) is 20.5. The van der Waals surface area contributed by atoms with E-state index in [2.05, 4.69) is 31.2 Å². The van der Waals surface area contributed by atoms with Crippen molar-refractivity contribution in [1.29, 1.82) is 5.26 Å². The zero-order valence-electron chi connectivity index (χ0n) is 19.0. The standard InChI is InChI=1S/C24H21Cl2N7O2/c1-13(22-17(25)11-28-12-18(22)26)35-21-7-16-19(8-20(21)34-2)31-32-23(16)14-9-29-24(30-10-14)33-6-4-15(33)3-5-27/h7-13,15H,3-4,6H2,1-2H3,(H,31,32)/t13-,15+/m1/s1. The molecule has 3 aromatic heterocycles. The molecule has 0 radical (unpaired) electrons. The number of H-pyrrole nitrogens is 1. The summed E-state index contributed by atoms with van der Waals surface area (Å²) in [5.41, 5.74) is 2.85. The molecule has 0 spiro atoms. The van der Waals surface area contributed by atoms with Gasteiger partial charge in [0, 0.05) is 60.0 Å². The molecule has 1 aromatic carbocycles. The Morgan fingerprint density at radius 2 is 1.91 bits per heavy atom. The molecule has 1 aliphatic rings. The molecule has 0 unspecified atom stereocenters. The third kappa shape index (κ3) is 4.31. The summed E-state index contributed by atoms with van der Waals surface area (Å²) in [5.74, 6) is 1.66. The molecule has 9 nitrogen and oxygen atoms in total. The number of hydrogen-bond acceptors (Lipinski definition) is 8. The Hall–Kier alpha value is -3.61. The van der Waals surface area contributed by atoms with E-state index >= 15 is 0 Å². The lowest BCUT2D eigenvalue weighted by Gasteiger charge is -2.39. The van der Waals surface area contributed by atoms with Crippen molar-refractivity contribution in [3.63, 3.8) is 0 Å². The number of halogens is 2. The molecule has 1 aliphatic heterocycles. The van der Waals surface area contributed by atoms with Crippen LogP contribution in [0.2, 0.25) is 10.0 Å². The van der Waals surface area contributed by atoms with Crippen molar-refractivity contribution in [3.05, 3.63) is 52.5 Å². The van der Waals surface area contributed by atoms with E-state index in [-0.39, 0.29) is 6.04 Å². The Morgan fingerprint density at radius 3 is 2.54 bits per heavy atom. The summed E-state index contributed by atoms with van der Waals surface area (Å²) < 4.78 is 11.8. The molecule has 5 rings (SSSR count). The number of aromatic nitrogens is 5. The summed E-state index contributed by atoms with van der Waals surface area (Å²) in [6.45, 7) is 2.70. The van der Waals surface area contributed by atoms with Crippen LogP contribution in [0.4, 0.5) is 5.95 Å². The summed E-state index contributed by atoms with van der Waals surface area (Å²) in [5, 5.41) is 18.2. The van der Waals surface area contributed by atoms with E-state index in [1.807, 2.05) is 24.0 Å². The second-order valence-corrected chi connectivity index (χ2v) is 8.98. The van der Waals surface area contributed by atoms with Crippen molar-refractivity contribution in [2.45, 2.75) is 31.9 Å². The highest BCUT2D eigenvalue weighted by molar-refractivity contribution is 6.35. The molecule has 1 N–H and O–H groups in total. The molecule has 4 aromatic rings. The molecule has 0 aliphatic carbocycles. The molecular formula is C24H21Cl2N7O2. The summed E-state index contributed by atoms with van der Waals surface area (Å²) in [4.78, 5) is 15.1. The van der Waals surface area contributed by atoms with Gasteiger partial charge in [-0.3, -0.25) is 10.1 Å². The lowest BCUT2D eigenvalue weighted by Crippen LogP contribution is -2.48. The Morgan fingerprint density at radius 1 is 1.17 bits per heavy atom. The van der Waals surface area contributed by atoms with Crippen LogP contribution in [0.3, 0.4) is 0 Å². The molecule has 178 valence electrons. The number of benzene rings is 1. The maximum absolute atomic E-state index is 8.98. The summed E-state index contributed by atoms with van der Waals surface area (Å²) in [6.07, 6.45) is 7.52. The van der Waals surface area contributed by atoms with Crippen LogP contribution >= 0.6 is 23.2 Å². The van der Waals surface area contributed by atoms with Crippen molar-refractivity contribution in [2.75, 3.05) is 18.6 Å². The number of rotatable bonds is 7. The number of methoxy groups -OCH3 is 1. The molecule has 35 heavy (non-hydrogen) atoms.